The van der Waals surface area contributed by atoms with Crippen LogP contribution in [0.3, 0.4) is 0 Å². The predicted molar refractivity (Wildman–Crippen MR) is 55.9 cm³/mol. The van der Waals surface area contributed by atoms with Crippen molar-refractivity contribution in [2.45, 2.75) is 20.4 Å². The highest BCUT2D eigenvalue weighted by Crippen LogP contribution is 1.93. The molecule has 14 heavy (non-hydrogen) atoms. The number of hydrogen-bond acceptors (Lipinski definition) is 4. The van der Waals surface area contributed by atoms with Crippen molar-refractivity contribution in [3.8, 4) is 0 Å². The summed E-state index contributed by atoms with van der Waals surface area (Å²) in [4.78, 5) is 3.84. The Bertz CT molecular complexity index is 221. The lowest BCUT2D eigenvalue weighted by Gasteiger charge is -2.07. The zero-order valence-corrected chi connectivity index (χ0v) is 8.92. The van der Waals surface area contributed by atoms with Crippen molar-refractivity contribution in [3.05, 3.63) is 18.4 Å². The lowest BCUT2D eigenvalue weighted by Crippen LogP contribution is -2.29. The lowest BCUT2D eigenvalue weighted by molar-refractivity contribution is 0.471. The van der Waals surface area contributed by atoms with Crippen molar-refractivity contribution in [1.29, 1.82) is 0 Å². The fourth-order valence-corrected chi connectivity index (χ4v) is 1.11. The zero-order valence-electron chi connectivity index (χ0n) is 8.92. The Balaban J connectivity index is 1.90. The van der Waals surface area contributed by atoms with Crippen LogP contribution < -0.4 is 10.6 Å². The van der Waals surface area contributed by atoms with Crippen molar-refractivity contribution in [3.63, 3.8) is 0 Å². The summed E-state index contributed by atoms with van der Waals surface area (Å²) in [6, 6.07) is 0. The van der Waals surface area contributed by atoms with E-state index >= 15 is 0 Å². The molecule has 1 aromatic heterocycles. The first-order valence-corrected chi connectivity index (χ1v) is 5.08. The quantitative estimate of drug-likeness (QED) is 0.640. The molecule has 0 saturated carbocycles. The van der Waals surface area contributed by atoms with Crippen LogP contribution in [0.5, 0.6) is 0 Å². The molecule has 80 valence electrons. The first-order valence-electron chi connectivity index (χ1n) is 5.08. The standard InChI is InChI=1S/C10H19N3O/c1-9(2)5-11-3-4-12-6-10-7-13-8-14-10/h7-9,11-12H,3-6H2,1-2H3. The monoisotopic (exact) mass is 197 g/mol. The fraction of sp³-hybridized carbons (Fsp3) is 0.700. The molecule has 0 amide bonds. The van der Waals surface area contributed by atoms with Gasteiger partial charge in [0.2, 0.25) is 0 Å². The van der Waals surface area contributed by atoms with Gasteiger partial charge >= 0.3 is 0 Å². The Morgan fingerprint density at radius 3 is 2.79 bits per heavy atom. The Hall–Kier alpha value is -0.870. The summed E-state index contributed by atoms with van der Waals surface area (Å²) in [5.41, 5.74) is 0. The fourth-order valence-electron chi connectivity index (χ4n) is 1.11. The molecule has 0 unspecified atom stereocenters. The van der Waals surface area contributed by atoms with Gasteiger partial charge in [-0.25, -0.2) is 4.98 Å². The van der Waals surface area contributed by atoms with E-state index in [1.54, 1.807) is 6.20 Å². The molecule has 1 heterocycles. The van der Waals surface area contributed by atoms with Crippen LogP contribution >= 0.6 is 0 Å². The molecule has 0 atom stereocenters. The average molecular weight is 197 g/mol. The molecule has 4 heteroatoms. The average Bonchev–Trinajstić information content (AvgIpc) is 2.63. The van der Waals surface area contributed by atoms with Gasteiger partial charge in [0, 0.05) is 13.1 Å². The summed E-state index contributed by atoms with van der Waals surface area (Å²) in [6.07, 6.45) is 3.18. The molecule has 0 radical (unpaired) electrons. The van der Waals surface area contributed by atoms with Gasteiger partial charge in [-0.15, -0.1) is 0 Å². The van der Waals surface area contributed by atoms with Gasteiger partial charge < -0.3 is 15.1 Å². The lowest BCUT2D eigenvalue weighted by atomic mass is 10.2. The van der Waals surface area contributed by atoms with E-state index in [1.807, 2.05) is 0 Å². The normalized spacial score (nSPS) is 11.1. The van der Waals surface area contributed by atoms with Crippen LogP contribution in [0.25, 0.3) is 0 Å². The van der Waals surface area contributed by atoms with E-state index in [-0.39, 0.29) is 0 Å². The van der Waals surface area contributed by atoms with E-state index in [4.69, 9.17) is 4.42 Å². The summed E-state index contributed by atoms with van der Waals surface area (Å²) in [7, 11) is 0. The first-order chi connectivity index (χ1) is 6.79. The number of aromatic nitrogens is 1. The Labute approximate surface area is 85.1 Å². The second-order valence-corrected chi connectivity index (χ2v) is 3.74. The van der Waals surface area contributed by atoms with E-state index in [9.17, 15) is 0 Å². The van der Waals surface area contributed by atoms with Crippen LogP contribution in [0.4, 0.5) is 0 Å². The maximum Gasteiger partial charge on any atom is 0.180 e. The van der Waals surface area contributed by atoms with Crippen molar-refractivity contribution in [1.82, 2.24) is 15.6 Å². The van der Waals surface area contributed by atoms with Gasteiger partial charge in [-0.05, 0) is 12.5 Å². The first kappa shape index (κ1) is 11.2. The van der Waals surface area contributed by atoms with E-state index in [1.165, 1.54) is 6.39 Å². The number of nitrogens with zero attached hydrogens (tertiary/aromatic N) is 1. The van der Waals surface area contributed by atoms with Crippen LogP contribution in [0.1, 0.15) is 19.6 Å². The number of rotatable bonds is 7. The second-order valence-electron chi connectivity index (χ2n) is 3.74. The van der Waals surface area contributed by atoms with E-state index in [2.05, 4.69) is 29.5 Å². The molecule has 1 aromatic rings. The van der Waals surface area contributed by atoms with Crippen molar-refractivity contribution >= 4 is 0 Å². The molecule has 0 fully saturated rings. The molecule has 0 aliphatic rings. The summed E-state index contributed by atoms with van der Waals surface area (Å²) < 4.78 is 5.08. The molecular formula is C10H19N3O. The summed E-state index contributed by atoms with van der Waals surface area (Å²) in [5.74, 6) is 1.60. The third kappa shape index (κ3) is 4.99. The summed E-state index contributed by atoms with van der Waals surface area (Å²) in [5, 5.41) is 6.62. The van der Waals surface area contributed by atoms with Gasteiger partial charge in [-0.2, -0.15) is 0 Å². The number of nitrogens with one attached hydrogen (secondary N) is 2. The van der Waals surface area contributed by atoms with Crippen LogP contribution in [0.15, 0.2) is 17.0 Å². The van der Waals surface area contributed by atoms with Crippen LogP contribution in [-0.4, -0.2) is 24.6 Å². The van der Waals surface area contributed by atoms with Crippen LogP contribution in [0, 0.1) is 5.92 Å². The second kappa shape index (κ2) is 6.56. The molecule has 4 nitrogen and oxygen atoms in total. The zero-order chi connectivity index (χ0) is 10.2. The predicted octanol–water partition coefficient (Wildman–Crippen LogP) is 1.01. The minimum atomic E-state index is 0.712. The van der Waals surface area contributed by atoms with E-state index in [0.717, 1.165) is 31.9 Å². The minimum absolute atomic E-state index is 0.712. The van der Waals surface area contributed by atoms with Gasteiger partial charge in [0.15, 0.2) is 6.39 Å². The Morgan fingerprint density at radius 1 is 1.36 bits per heavy atom. The van der Waals surface area contributed by atoms with Crippen molar-refractivity contribution in [2.75, 3.05) is 19.6 Å². The van der Waals surface area contributed by atoms with Gasteiger partial charge in [-0.1, -0.05) is 13.8 Å². The van der Waals surface area contributed by atoms with Gasteiger partial charge in [0.05, 0.1) is 12.7 Å². The number of oxazole rings is 1. The van der Waals surface area contributed by atoms with Crippen LogP contribution in [-0.2, 0) is 6.54 Å². The van der Waals surface area contributed by atoms with Gasteiger partial charge in [-0.3, -0.25) is 0 Å². The molecular weight excluding hydrogens is 178 g/mol. The van der Waals surface area contributed by atoms with Gasteiger partial charge in [0.1, 0.15) is 5.76 Å². The molecule has 0 saturated heterocycles. The number of hydrogen-bond donors (Lipinski definition) is 2. The molecule has 0 aliphatic carbocycles. The third-order valence-corrected chi connectivity index (χ3v) is 1.81. The highest BCUT2D eigenvalue weighted by atomic mass is 16.3. The SMILES string of the molecule is CC(C)CNCCNCc1cnco1. The van der Waals surface area contributed by atoms with Crippen molar-refractivity contribution in [2.24, 2.45) is 5.92 Å². The molecule has 0 aromatic carbocycles. The topological polar surface area (TPSA) is 50.1 Å². The summed E-state index contributed by atoms with van der Waals surface area (Å²) in [6.45, 7) is 8.18. The van der Waals surface area contributed by atoms with E-state index in [0.29, 0.717) is 5.92 Å². The third-order valence-electron chi connectivity index (χ3n) is 1.81. The van der Waals surface area contributed by atoms with Crippen molar-refractivity contribution < 1.29 is 4.42 Å². The maximum atomic E-state index is 5.08. The Morgan fingerprint density at radius 2 is 2.14 bits per heavy atom. The molecule has 0 spiro atoms. The Kier molecular flexibility index (Phi) is 5.25. The maximum absolute atomic E-state index is 5.08. The highest BCUT2D eigenvalue weighted by molar-refractivity contribution is 4.86. The smallest absolute Gasteiger partial charge is 0.180 e. The molecule has 2 N–H and O–H groups in total. The molecule has 0 aliphatic heterocycles. The molecule has 0 bridgehead atoms. The largest absolute Gasteiger partial charge is 0.447 e. The minimum Gasteiger partial charge on any atom is -0.447 e. The molecule has 1 rings (SSSR count). The highest BCUT2D eigenvalue weighted by Gasteiger charge is 1.95. The van der Waals surface area contributed by atoms with E-state index < -0.39 is 0 Å². The summed E-state index contributed by atoms with van der Waals surface area (Å²) >= 11 is 0. The van der Waals surface area contributed by atoms with Crippen LogP contribution in [0.2, 0.25) is 0 Å². The van der Waals surface area contributed by atoms with Gasteiger partial charge in [0.25, 0.3) is 0 Å².